The Morgan fingerprint density at radius 3 is 3.00 bits per heavy atom. The Hall–Kier alpha value is -0.650. The van der Waals surface area contributed by atoms with Gasteiger partial charge in [0.15, 0.2) is 0 Å². The first-order valence-electron chi connectivity index (χ1n) is 7.65. The molecule has 3 aliphatic heterocycles. The predicted octanol–water partition coefficient (Wildman–Crippen LogP) is -0.0825. The maximum atomic E-state index is 12.1. The van der Waals surface area contributed by atoms with Crippen LogP contribution in [0.5, 0.6) is 0 Å². The molecule has 4 atom stereocenters. The SMILES string of the molecule is CCOC(=O)C1CNCCN1C1CCN2CCC1C2. The van der Waals surface area contributed by atoms with Crippen molar-refractivity contribution >= 4 is 5.97 Å². The molecule has 3 aliphatic rings. The summed E-state index contributed by atoms with van der Waals surface area (Å²) in [5.74, 6) is 0.707. The molecule has 5 heteroatoms. The normalized spacial score (nSPS) is 39.2. The van der Waals surface area contributed by atoms with Gasteiger partial charge in [0, 0.05) is 32.2 Å². The van der Waals surface area contributed by atoms with E-state index in [0.717, 1.165) is 25.6 Å². The fourth-order valence-corrected chi connectivity index (χ4v) is 3.94. The summed E-state index contributed by atoms with van der Waals surface area (Å²) in [5, 5.41) is 3.33. The second-order valence-electron chi connectivity index (χ2n) is 5.92. The molecule has 5 nitrogen and oxygen atoms in total. The van der Waals surface area contributed by atoms with Crippen molar-refractivity contribution in [1.29, 1.82) is 0 Å². The Bertz CT molecular complexity index is 337. The van der Waals surface area contributed by atoms with E-state index in [1.165, 1.54) is 32.5 Å². The lowest BCUT2D eigenvalue weighted by atomic mass is 9.91. The van der Waals surface area contributed by atoms with Gasteiger partial charge in [0.05, 0.1) is 6.61 Å². The van der Waals surface area contributed by atoms with Gasteiger partial charge in [-0.2, -0.15) is 0 Å². The van der Waals surface area contributed by atoms with Gasteiger partial charge in [-0.15, -0.1) is 0 Å². The Kier molecular flexibility index (Phi) is 4.05. The van der Waals surface area contributed by atoms with Crippen molar-refractivity contribution in [2.45, 2.75) is 31.8 Å². The summed E-state index contributed by atoms with van der Waals surface area (Å²) in [5.41, 5.74) is 0. The quantitative estimate of drug-likeness (QED) is 0.725. The van der Waals surface area contributed by atoms with Gasteiger partial charge in [0.25, 0.3) is 0 Å². The lowest BCUT2D eigenvalue weighted by Gasteiger charge is -2.44. The van der Waals surface area contributed by atoms with Gasteiger partial charge in [-0.1, -0.05) is 0 Å². The van der Waals surface area contributed by atoms with Crippen molar-refractivity contribution in [2.75, 3.05) is 45.9 Å². The Morgan fingerprint density at radius 2 is 2.16 bits per heavy atom. The van der Waals surface area contributed by atoms with Crippen LogP contribution in [-0.2, 0) is 9.53 Å². The highest BCUT2D eigenvalue weighted by Gasteiger charge is 2.42. The van der Waals surface area contributed by atoms with Crippen LogP contribution in [-0.4, -0.2) is 73.7 Å². The highest BCUT2D eigenvalue weighted by molar-refractivity contribution is 5.76. The van der Waals surface area contributed by atoms with Crippen molar-refractivity contribution < 1.29 is 9.53 Å². The number of esters is 1. The van der Waals surface area contributed by atoms with Gasteiger partial charge in [-0.25, -0.2) is 0 Å². The number of ether oxygens (including phenoxy) is 1. The summed E-state index contributed by atoms with van der Waals surface area (Å²) in [4.78, 5) is 17.1. The first-order valence-corrected chi connectivity index (χ1v) is 7.65. The van der Waals surface area contributed by atoms with Crippen molar-refractivity contribution in [3.63, 3.8) is 0 Å². The van der Waals surface area contributed by atoms with Crippen molar-refractivity contribution in [1.82, 2.24) is 15.1 Å². The monoisotopic (exact) mass is 267 g/mol. The smallest absolute Gasteiger partial charge is 0.324 e. The molecule has 0 saturated carbocycles. The molecule has 19 heavy (non-hydrogen) atoms. The molecular weight excluding hydrogens is 242 g/mol. The number of piperidine rings is 1. The maximum Gasteiger partial charge on any atom is 0.324 e. The number of hydrogen-bond donors (Lipinski definition) is 1. The third kappa shape index (κ3) is 2.64. The number of carbonyl (C=O) groups is 1. The van der Waals surface area contributed by atoms with Crippen LogP contribution < -0.4 is 5.32 Å². The van der Waals surface area contributed by atoms with Gasteiger partial charge in [0.2, 0.25) is 0 Å². The Labute approximate surface area is 115 Å². The van der Waals surface area contributed by atoms with Gasteiger partial charge < -0.3 is 15.0 Å². The van der Waals surface area contributed by atoms with E-state index in [1.807, 2.05) is 6.92 Å². The predicted molar refractivity (Wildman–Crippen MR) is 72.9 cm³/mol. The molecule has 3 fully saturated rings. The highest BCUT2D eigenvalue weighted by atomic mass is 16.5. The minimum absolute atomic E-state index is 0.0462. The standard InChI is InChI=1S/C14H25N3O2/c1-2-19-14(18)13-9-15-5-8-17(13)12-4-7-16-6-3-11(12)10-16/h11-13,15H,2-10H2,1H3. The van der Waals surface area contributed by atoms with E-state index in [-0.39, 0.29) is 12.0 Å². The zero-order valence-corrected chi connectivity index (χ0v) is 11.8. The van der Waals surface area contributed by atoms with E-state index >= 15 is 0 Å². The van der Waals surface area contributed by atoms with Crippen LogP contribution in [0.3, 0.4) is 0 Å². The van der Waals surface area contributed by atoms with Crippen LogP contribution in [0.1, 0.15) is 19.8 Å². The number of nitrogens with zero attached hydrogens (tertiary/aromatic N) is 2. The average molecular weight is 267 g/mol. The summed E-state index contributed by atoms with van der Waals surface area (Å²) in [7, 11) is 0. The molecule has 2 bridgehead atoms. The molecule has 0 amide bonds. The van der Waals surface area contributed by atoms with E-state index in [1.54, 1.807) is 0 Å². The highest BCUT2D eigenvalue weighted by Crippen LogP contribution is 2.32. The molecule has 0 spiro atoms. The zero-order valence-electron chi connectivity index (χ0n) is 11.8. The average Bonchev–Trinajstić information content (AvgIpc) is 2.81. The van der Waals surface area contributed by atoms with Crippen LogP contribution in [0.4, 0.5) is 0 Å². The lowest BCUT2D eigenvalue weighted by Crippen LogP contribution is -2.61. The fourth-order valence-electron chi connectivity index (χ4n) is 3.94. The zero-order chi connectivity index (χ0) is 13.2. The molecule has 0 aromatic rings. The molecule has 3 heterocycles. The minimum Gasteiger partial charge on any atom is -0.465 e. The van der Waals surface area contributed by atoms with Crippen LogP contribution in [0, 0.1) is 5.92 Å². The van der Waals surface area contributed by atoms with Gasteiger partial charge in [-0.05, 0) is 38.8 Å². The van der Waals surface area contributed by atoms with E-state index in [0.29, 0.717) is 12.6 Å². The second-order valence-corrected chi connectivity index (χ2v) is 5.92. The number of piperazine rings is 1. The molecule has 1 N–H and O–H groups in total. The van der Waals surface area contributed by atoms with E-state index < -0.39 is 0 Å². The molecule has 0 aromatic heterocycles. The van der Waals surface area contributed by atoms with Crippen LogP contribution in [0.2, 0.25) is 0 Å². The summed E-state index contributed by atoms with van der Waals surface area (Å²) >= 11 is 0. The molecule has 4 unspecified atom stereocenters. The number of nitrogens with one attached hydrogen (secondary N) is 1. The van der Waals surface area contributed by atoms with Crippen molar-refractivity contribution in [2.24, 2.45) is 5.92 Å². The Balaban J connectivity index is 1.70. The van der Waals surface area contributed by atoms with Gasteiger partial charge in [-0.3, -0.25) is 9.69 Å². The number of rotatable bonds is 3. The second kappa shape index (κ2) is 5.77. The number of hydrogen-bond acceptors (Lipinski definition) is 5. The molecule has 0 radical (unpaired) electrons. The summed E-state index contributed by atoms with van der Waals surface area (Å²) < 4.78 is 5.25. The topological polar surface area (TPSA) is 44.8 Å². The third-order valence-corrected chi connectivity index (χ3v) is 4.86. The molecule has 108 valence electrons. The van der Waals surface area contributed by atoms with Crippen molar-refractivity contribution in [3.8, 4) is 0 Å². The van der Waals surface area contributed by atoms with Gasteiger partial charge in [0.1, 0.15) is 6.04 Å². The first kappa shape index (κ1) is 13.3. The number of carbonyl (C=O) groups excluding carboxylic acids is 1. The lowest BCUT2D eigenvalue weighted by molar-refractivity contribution is -0.152. The third-order valence-electron chi connectivity index (χ3n) is 4.86. The Morgan fingerprint density at radius 1 is 1.32 bits per heavy atom. The molecule has 3 saturated heterocycles. The van der Waals surface area contributed by atoms with Crippen molar-refractivity contribution in [3.05, 3.63) is 0 Å². The molecule has 3 rings (SSSR count). The minimum atomic E-state index is -0.0779. The van der Waals surface area contributed by atoms with E-state index in [2.05, 4.69) is 15.1 Å². The fraction of sp³-hybridized carbons (Fsp3) is 0.929. The first-order chi connectivity index (χ1) is 9.29. The maximum absolute atomic E-state index is 12.1. The molecule has 0 aromatic carbocycles. The van der Waals surface area contributed by atoms with Gasteiger partial charge >= 0.3 is 5.97 Å². The van der Waals surface area contributed by atoms with E-state index in [9.17, 15) is 4.79 Å². The van der Waals surface area contributed by atoms with Crippen LogP contribution >= 0.6 is 0 Å². The van der Waals surface area contributed by atoms with Crippen LogP contribution in [0.15, 0.2) is 0 Å². The molecular formula is C14H25N3O2. The van der Waals surface area contributed by atoms with Crippen LogP contribution in [0.25, 0.3) is 0 Å². The summed E-state index contributed by atoms with van der Waals surface area (Å²) in [6.45, 7) is 8.74. The summed E-state index contributed by atoms with van der Waals surface area (Å²) in [6.07, 6.45) is 2.50. The van der Waals surface area contributed by atoms with E-state index in [4.69, 9.17) is 4.74 Å². The summed E-state index contributed by atoms with van der Waals surface area (Å²) in [6, 6.07) is 0.501. The molecule has 0 aliphatic carbocycles. The number of fused-ring (bicyclic) bond motifs is 2. The largest absolute Gasteiger partial charge is 0.465 e.